The number of carbonyl (C=O) groups is 1. The van der Waals surface area contributed by atoms with Gasteiger partial charge in [-0.1, -0.05) is 13.3 Å². The van der Waals surface area contributed by atoms with E-state index < -0.39 is 11.7 Å². The summed E-state index contributed by atoms with van der Waals surface area (Å²) in [5.41, 5.74) is 0.360. The number of aliphatic hydroxyl groups is 1. The van der Waals surface area contributed by atoms with Gasteiger partial charge in [-0.05, 0) is 61.0 Å². The van der Waals surface area contributed by atoms with Gasteiger partial charge in [0.2, 0.25) is 0 Å². The molecule has 1 saturated heterocycles. The summed E-state index contributed by atoms with van der Waals surface area (Å²) >= 11 is 0. The molecule has 142 valence electrons. The van der Waals surface area contributed by atoms with Crippen molar-refractivity contribution in [3.63, 3.8) is 0 Å². The van der Waals surface area contributed by atoms with Gasteiger partial charge in [0.15, 0.2) is 6.29 Å². The lowest BCUT2D eigenvalue weighted by Crippen LogP contribution is -2.68. The number of carbonyl (C=O) groups excluding carboxylic acids is 1. The Morgan fingerprint density at radius 1 is 1.35 bits per heavy atom. The van der Waals surface area contributed by atoms with Gasteiger partial charge in [0, 0.05) is 11.8 Å². The first-order chi connectivity index (χ1) is 12.5. The van der Waals surface area contributed by atoms with Crippen molar-refractivity contribution in [3.05, 3.63) is 23.7 Å². The molecule has 26 heavy (non-hydrogen) atoms. The lowest BCUT2D eigenvalue weighted by molar-refractivity contribution is -0.319. The second-order valence-electron chi connectivity index (χ2n) is 8.97. The van der Waals surface area contributed by atoms with Crippen molar-refractivity contribution < 1.29 is 23.8 Å². The molecule has 1 aliphatic heterocycles. The molecule has 5 nitrogen and oxygen atoms in total. The molecule has 0 unspecified atom stereocenters. The average Bonchev–Trinajstić information content (AvgIpc) is 3.13. The predicted molar refractivity (Wildman–Crippen MR) is 93.2 cm³/mol. The molecular weight excluding hydrogens is 332 g/mol. The van der Waals surface area contributed by atoms with Gasteiger partial charge in [0.05, 0.1) is 25.4 Å². The van der Waals surface area contributed by atoms with Gasteiger partial charge in [0.1, 0.15) is 5.76 Å². The smallest absolute Gasteiger partial charge is 0.314 e. The van der Waals surface area contributed by atoms with Gasteiger partial charge in [-0.15, -0.1) is 0 Å². The van der Waals surface area contributed by atoms with Crippen LogP contribution in [0.1, 0.15) is 56.3 Å². The van der Waals surface area contributed by atoms with Gasteiger partial charge in [-0.2, -0.15) is 0 Å². The fourth-order valence-corrected chi connectivity index (χ4v) is 7.35. The molecule has 1 aromatic rings. The molecule has 7 atom stereocenters. The molecule has 0 spiro atoms. The average molecular weight is 360 g/mol. The lowest BCUT2D eigenvalue weighted by atomic mass is 9.41. The molecule has 0 amide bonds. The standard InChI is InChI=1S/C21H28O5/c1-12-13-4-5-17-20(18(22)24-2)7-3-8-21(17,19(23)26-11-20)15(13)10-16-14(12)6-9-25-16/h6,9,12-13,15,17,19,23H,3-5,7-8,10-11H2,1-2H3/t12-,13+,15+,17+,19-,20-,21-/m1/s1. The van der Waals surface area contributed by atoms with Crippen LogP contribution in [0.5, 0.6) is 0 Å². The van der Waals surface area contributed by atoms with Crippen molar-refractivity contribution in [2.45, 2.75) is 57.7 Å². The topological polar surface area (TPSA) is 68.9 Å². The van der Waals surface area contributed by atoms with Crippen LogP contribution in [0.3, 0.4) is 0 Å². The van der Waals surface area contributed by atoms with Crippen LogP contribution in [-0.4, -0.2) is 31.1 Å². The maximum absolute atomic E-state index is 12.8. The Kier molecular flexibility index (Phi) is 3.61. The van der Waals surface area contributed by atoms with Crippen LogP contribution in [0.2, 0.25) is 0 Å². The molecule has 4 aliphatic rings. The number of aliphatic hydroxyl groups excluding tert-OH is 1. The summed E-state index contributed by atoms with van der Waals surface area (Å²) in [7, 11) is 1.47. The highest BCUT2D eigenvalue weighted by atomic mass is 16.6. The van der Waals surface area contributed by atoms with Gasteiger partial charge < -0.3 is 19.0 Å². The normalized spacial score (nSPS) is 46.7. The van der Waals surface area contributed by atoms with Crippen LogP contribution in [0, 0.1) is 28.6 Å². The first-order valence-corrected chi connectivity index (χ1v) is 9.99. The molecule has 2 saturated carbocycles. The van der Waals surface area contributed by atoms with E-state index in [2.05, 4.69) is 13.0 Å². The highest BCUT2D eigenvalue weighted by Crippen LogP contribution is 2.68. The summed E-state index contributed by atoms with van der Waals surface area (Å²) in [4.78, 5) is 12.8. The van der Waals surface area contributed by atoms with Crippen LogP contribution in [0.4, 0.5) is 0 Å². The van der Waals surface area contributed by atoms with E-state index in [-0.39, 0.29) is 29.8 Å². The Balaban J connectivity index is 1.63. The second-order valence-corrected chi connectivity index (χ2v) is 8.97. The maximum Gasteiger partial charge on any atom is 0.314 e. The van der Waals surface area contributed by atoms with Crippen LogP contribution in [0.25, 0.3) is 0 Å². The van der Waals surface area contributed by atoms with Gasteiger partial charge in [-0.3, -0.25) is 4.79 Å². The van der Waals surface area contributed by atoms with Gasteiger partial charge >= 0.3 is 5.97 Å². The molecule has 3 fully saturated rings. The minimum Gasteiger partial charge on any atom is -0.469 e. The Labute approximate surface area is 154 Å². The van der Waals surface area contributed by atoms with E-state index in [4.69, 9.17) is 13.9 Å². The zero-order valence-electron chi connectivity index (χ0n) is 15.6. The van der Waals surface area contributed by atoms with Gasteiger partial charge in [-0.25, -0.2) is 0 Å². The van der Waals surface area contributed by atoms with Crippen LogP contribution in [-0.2, 0) is 20.7 Å². The third-order valence-corrected chi connectivity index (χ3v) is 8.41. The van der Waals surface area contributed by atoms with Gasteiger partial charge in [0.25, 0.3) is 0 Å². The summed E-state index contributed by atoms with van der Waals surface area (Å²) in [6, 6.07) is 2.10. The van der Waals surface area contributed by atoms with Crippen molar-refractivity contribution in [3.8, 4) is 0 Å². The molecule has 1 N–H and O–H groups in total. The SMILES string of the molecule is COC(=O)[C@]12CCC[C@@]3([C@H](O)OC1)[C@H]1Cc4occc4[C@H](C)[C@@H]1CC[C@@H]23. The Bertz CT molecular complexity index is 726. The minimum atomic E-state index is -0.804. The molecule has 2 heterocycles. The van der Waals surface area contributed by atoms with Crippen molar-refractivity contribution in [1.29, 1.82) is 0 Å². The summed E-state index contributed by atoms with van der Waals surface area (Å²) < 4.78 is 16.9. The molecule has 3 aliphatic carbocycles. The number of hydrogen-bond donors (Lipinski definition) is 1. The molecule has 0 radical (unpaired) electrons. The van der Waals surface area contributed by atoms with E-state index in [0.29, 0.717) is 11.8 Å². The quantitative estimate of drug-likeness (QED) is 0.779. The number of furan rings is 1. The number of ether oxygens (including phenoxy) is 2. The number of methoxy groups -OCH3 is 1. The highest BCUT2D eigenvalue weighted by molar-refractivity contribution is 5.78. The molecule has 5 rings (SSSR count). The molecule has 1 aromatic heterocycles. The maximum atomic E-state index is 12.8. The van der Waals surface area contributed by atoms with E-state index in [1.807, 2.05) is 0 Å². The van der Waals surface area contributed by atoms with Crippen LogP contribution in [0.15, 0.2) is 16.7 Å². The van der Waals surface area contributed by atoms with Crippen LogP contribution < -0.4 is 0 Å². The predicted octanol–water partition coefficient (Wildman–Crippen LogP) is 3.26. The van der Waals surface area contributed by atoms with Crippen molar-refractivity contribution >= 4 is 5.97 Å². The van der Waals surface area contributed by atoms with Crippen molar-refractivity contribution in [2.75, 3.05) is 13.7 Å². The van der Waals surface area contributed by atoms with E-state index in [1.165, 1.54) is 12.7 Å². The van der Waals surface area contributed by atoms with E-state index >= 15 is 0 Å². The zero-order chi connectivity index (χ0) is 18.1. The second kappa shape index (κ2) is 5.59. The summed E-state index contributed by atoms with van der Waals surface area (Å²) in [6.07, 6.45) is 6.55. The summed E-state index contributed by atoms with van der Waals surface area (Å²) in [5.74, 6) is 2.24. The first kappa shape index (κ1) is 16.8. The third kappa shape index (κ3) is 1.86. The number of fused-ring (bicyclic) bond motifs is 2. The summed E-state index contributed by atoms with van der Waals surface area (Å²) in [6.45, 7) is 2.57. The number of rotatable bonds is 1. The van der Waals surface area contributed by atoms with E-state index in [9.17, 15) is 9.90 Å². The Hall–Kier alpha value is -1.33. The fourth-order valence-electron chi connectivity index (χ4n) is 7.35. The van der Waals surface area contributed by atoms with Crippen molar-refractivity contribution in [2.24, 2.45) is 28.6 Å². The van der Waals surface area contributed by atoms with E-state index in [1.54, 1.807) is 6.26 Å². The lowest BCUT2D eigenvalue weighted by Gasteiger charge is -2.66. The molecule has 5 heteroatoms. The fraction of sp³-hybridized carbons (Fsp3) is 0.762. The highest BCUT2D eigenvalue weighted by Gasteiger charge is 2.69. The number of hydrogen-bond acceptors (Lipinski definition) is 5. The Morgan fingerprint density at radius 3 is 3.00 bits per heavy atom. The number of esters is 1. The molecule has 2 bridgehead atoms. The molecule has 0 aromatic carbocycles. The summed E-state index contributed by atoms with van der Waals surface area (Å²) in [5, 5.41) is 11.1. The first-order valence-electron chi connectivity index (χ1n) is 9.99. The Morgan fingerprint density at radius 2 is 2.19 bits per heavy atom. The van der Waals surface area contributed by atoms with E-state index in [0.717, 1.165) is 44.3 Å². The largest absolute Gasteiger partial charge is 0.469 e. The monoisotopic (exact) mass is 360 g/mol. The van der Waals surface area contributed by atoms with Crippen molar-refractivity contribution in [1.82, 2.24) is 0 Å². The van der Waals surface area contributed by atoms with Crippen LogP contribution >= 0.6 is 0 Å². The third-order valence-electron chi connectivity index (χ3n) is 8.41. The molecular formula is C21H28O5. The minimum absolute atomic E-state index is 0.130. The zero-order valence-corrected chi connectivity index (χ0v) is 15.6.